The molecule has 8 heteroatoms. The summed E-state index contributed by atoms with van der Waals surface area (Å²) < 4.78 is 5.07. The Labute approximate surface area is 146 Å². The van der Waals surface area contributed by atoms with Crippen LogP contribution in [0.4, 0.5) is 5.82 Å². The molecular weight excluding hydrogens is 320 g/mol. The van der Waals surface area contributed by atoms with Gasteiger partial charge < -0.3 is 14.3 Å². The number of carbonyl (C=O) groups is 1. The van der Waals surface area contributed by atoms with E-state index in [4.69, 9.17) is 4.52 Å². The lowest BCUT2D eigenvalue weighted by molar-refractivity contribution is 0.0696. The average molecular weight is 342 g/mol. The highest BCUT2D eigenvalue weighted by Crippen LogP contribution is 2.26. The van der Waals surface area contributed by atoms with Crippen LogP contribution in [0.1, 0.15) is 53.8 Å². The smallest absolute Gasteiger partial charge is 0.274 e. The van der Waals surface area contributed by atoms with Gasteiger partial charge >= 0.3 is 0 Å². The van der Waals surface area contributed by atoms with E-state index in [-0.39, 0.29) is 11.8 Å². The van der Waals surface area contributed by atoms with Gasteiger partial charge in [-0.3, -0.25) is 4.79 Å². The minimum atomic E-state index is -0.0783. The molecular formula is C17H22N6O2. The molecule has 4 rings (SSSR count). The van der Waals surface area contributed by atoms with Crippen molar-refractivity contribution in [2.75, 3.05) is 31.1 Å². The van der Waals surface area contributed by atoms with E-state index in [9.17, 15) is 4.79 Å². The van der Waals surface area contributed by atoms with Gasteiger partial charge in [-0.05, 0) is 37.8 Å². The van der Waals surface area contributed by atoms with Gasteiger partial charge in [0, 0.05) is 39.0 Å². The molecule has 2 saturated heterocycles. The van der Waals surface area contributed by atoms with Gasteiger partial charge in [-0.15, -0.1) is 10.2 Å². The predicted molar refractivity (Wildman–Crippen MR) is 90.4 cm³/mol. The molecule has 0 bridgehead atoms. The monoisotopic (exact) mass is 342 g/mol. The molecule has 2 aromatic heterocycles. The molecule has 4 heterocycles. The van der Waals surface area contributed by atoms with Crippen molar-refractivity contribution in [1.29, 1.82) is 0 Å². The summed E-state index contributed by atoms with van der Waals surface area (Å²) in [5.41, 5.74) is 0.396. The number of piperidine rings is 1. The third-order valence-electron chi connectivity index (χ3n) is 4.92. The van der Waals surface area contributed by atoms with Gasteiger partial charge in [0.1, 0.15) is 0 Å². The molecule has 0 aliphatic carbocycles. The van der Waals surface area contributed by atoms with E-state index in [1.165, 1.54) is 12.8 Å². The van der Waals surface area contributed by atoms with Gasteiger partial charge in [0.2, 0.25) is 5.89 Å². The first kappa shape index (κ1) is 16.0. The van der Waals surface area contributed by atoms with Crippen LogP contribution in [0, 0.1) is 6.92 Å². The molecule has 1 atom stereocenters. The molecule has 2 aliphatic rings. The molecule has 25 heavy (non-hydrogen) atoms. The van der Waals surface area contributed by atoms with Gasteiger partial charge in [-0.1, -0.05) is 5.16 Å². The number of aromatic nitrogens is 4. The summed E-state index contributed by atoms with van der Waals surface area (Å²) in [7, 11) is 0. The first-order valence-corrected chi connectivity index (χ1v) is 8.89. The molecule has 0 aromatic carbocycles. The fourth-order valence-electron chi connectivity index (χ4n) is 3.57. The maximum absolute atomic E-state index is 12.8. The Morgan fingerprint density at radius 3 is 2.68 bits per heavy atom. The summed E-state index contributed by atoms with van der Waals surface area (Å²) in [4.78, 5) is 21.1. The largest absolute Gasteiger partial charge is 0.355 e. The predicted octanol–water partition coefficient (Wildman–Crippen LogP) is 1.79. The maximum atomic E-state index is 12.8. The second-order valence-corrected chi connectivity index (χ2v) is 6.73. The molecule has 0 spiro atoms. The lowest BCUT2D eigenvalue weighted by atomic mass is 9.97. The Balaban J connectivity index is 1.44. The highest BCUT2D eigenvalue weighted by atomic mass is 16.5. The topological polar surface area (TPSA) is 88.3 Å². The van der Waals surface area contributed by atoms with Gasteiger partial charge in [-0.25, -0.2) is 0 Å². The zero-order chi connectivity index (χ0) is 17.2. The summed E-state index contributed by atoms with van der Waals surface area (Å²) in [6, 6.07) is 3.68. The number of aryl methyl sites for hydroxylation is 1. The van der Waals surface area contributed by atoms with Crippen LogP contribution in [-0.4, -0.2) is 57.3 Å². The molecule has 0 unspecified atom stereocenters. The fourth-order valence-corrected chi connectivity index (χ4v) is 3.57. The number of hydrogen-bond acceptors (Lipinski definition) is 7. The van der Waals surface area contributed by atoms with Crippen LogP contribution in [0.15, 0.2) is 16.7 Å². The third-order valence-corrected chi connectivity index (χ3v) is 4.92. The normalized spacial score (nSPS) is 20.9. The van der Waals surface area contributed by atoms with Gasteiger partial charge in [-0.2, -0.15) is 4.98 Å². The Bertz CT molecular complexity index is 738. The zero-order valence-corrected chi connectivity index (χ0v) is 14.4. The fraction of sp³-hybridized carbons (Fsp3) is 0.588. The van der Waals surface area contributed by atoms with Crippen LogP contribution in [-0.2, 0) is 0 Å². The Hall–Kier alpha value is -2.51. The number of likely N-dealkylation sites (tertiary alicyclic amines) is 1. The molecule has 2 aromatic rings. The van der Waals surface area contributed by atoms with E-state index in [0.29, 0.717) is 24.0 Å². The molecule has 1 amide bonds. The Morgan fingerprint density at radius 2 is 2.00 bits per heavy atom. The van der Waals surface area contributed by atoms with Crippen LogP contribution in [0.3, 0.4) is 0 Å². The first-order chi connectivity index (χ1) is 12.2. The van der Waals surface area contributed by atoms with Crippen LogP contribution >= 0.6 is 0 Å². The average Bonchev–Trinajstić information content (AvgIpc) is 3.33. The number of amides is 1. The van der Waals surface area contributed by atoms with E-state index < -0.39 is 0 Å². The van der Waals surface area contributed by atoms with Gasteiger partial charge in [0.25, 0.3) is 5.91 Å². The maximum Gasteiger partial charge on any atom is 0.274 e. The molecule has 0 radical (unpaired) electrons. The molecule has 2 aliphatic heterocycles. The molecule has 0 N–H and O–H groups in total. The number of nitrogens with zero attached hydrogens (tertiary/aromatic N) is 6. The van der Waals surface area contributed by atoms with Crippen molar-refractivity contribution in [1.82, 2.24) is 25.2 Å². The summed E-state index contributed by atoms with van der Waals surface area (Å²) in [5.74, 6) is 2.14. The van der Waals surface area contributed by atoms with Gasteiger partial charge in [0.05, 0.1) is 0 Å². The van der Waals surface area contributed by atoms with Crippen LogP contribution in [0.2, 0.25) is 0 Å². The highest BCUT2D eigenvalue weighted by molar-refractivity contribution is 5.92. The van der Waals surface area contributed by atoms with Crippen molar-refractivity contribution in [2.24, 2.45) is 0 Å². The van der Waals surface area contributed by atoms with E-state index in [0.717, 1.165) is 38.3 Å². The van der Waals surface area contributed by atoms with Crippen molar-refractivity contribution in [3.8, 4) is 0 Å². The van der Waals surface area contributed by atoms with E-state index in [1.807, 2.05) is 11.0 Å². The van der Waals surface area contributed by atoms with Crippen molar-refractivity contribution >= 4 is 11.7 Å². The molecule has 132 valence electrons. The highest BCUT2D eigenvalue weighted by Gasteiger charge is 2.29. The third kappa shape index (κ3) is 3.33. The van der Waals surface area contributed by atoms with Crippen molar-refractivity contribution in [3.05, 3.63) is 29.5 Å². The molecule has 0 saturated carbocycles. The number of hydrogen-bond donors (Lipinski definition) is 0. The summed E-state index contributed by atoms with van der Waals surface area (Å²) in [6.45, 7) is 5.12. The molecule has 8 nitrogen and oxygen atoms in total. The zero-order valence-electron chi connectivity index (χ0n) is 14.4. The van der Waals surface area contributed by atoms with Crippen LogP contribution < -0.4 is 4.90 Å². The van der Waals surface area contributed by atoms with Crippen molar-refractivity contribution < 1.29 is 9.32 Å². The summed E-state index contributed by atoms with van der Waals surface area (Å²) in [5, 5.41) is 12.4. The minimum absolute atomic E-state index is 0.0783. The van der Waals surface area contributed by atoms with Crippen LogP contribution in [0.25, 0.3) is 0 Å². The number of rotatable bonds is 3. The summed E-state index contributed by atoms with van der Waals surface area (Å²) >= 11 is 0. The van der Waals surface area contributed by atoms with Crippen molar-refractivity contribution in [3.63, 3.8) is 0 Å². The second-order valence-electron chi connectivity index (χ2n) is 6.73. The number of anilines is 1. The minimum Gasteiger partial charge on any atom is -0.355 e. The first-order valence-electron chi connectivity index (χ1n) is 8.89. The van der Waals surface area contributed by atoms with Gasteiger partial charge in [0.15, 0.2) is 17.3 Å². The van der Waals surface area contributed by atoms with E-state index in [1.54, 1.807) is 13.0 Å². The lowest BCUT2D eigenvalue weighted by Crippen LogP contribution is -2.39. The SMILES string of the molecule is Cc1nc([C@H]2CCCN(C(=O)c3ccc(N4CCCC4)nn3)C2)no1. The standard InChI is InChI=1S/C17H22N6O2/c1-12-18-16(21-25-12)13-5-4-10-23(11-13)17(24)14-6-7-15(20-19-14)22-8-2-3-9-22/h6-7,13H,2-5,8-11H2,1H3/t13-/m0/s1. The lowest BCUT2D eigenvalue weighted by Gasteiger charge is -2.31. The van der Waals surface area contributed by atoms with E-state index >= 15 is 0 Å². The Morgan fingerprint density at radius 1 is 1.16 bits per heavy atom. The molecule has 2 fully saturated rings. The Kier molecular flexibility index (Phi) is 4.33. The quantitative estimate of drug-likeness (QED) is 0.840. The van der Waals surface area contributed by atoms with Crippen LogP contribution in [0.5, 0.6) is 0 Å². The van der Waals surface area contributed by atoms with E-state index in [2.05, 4.69) is 25.2 Å². The number of carbonyl (C=O) groups excluding carboxylic acids is 1. The second kappa shape index (κ2) is 6.78. The van der Waals surface area contributed by atoms with Crippen molar-refractivity contribution in [2.45, 2.75) is 38.5 Å². The summed E-state index contributed by atoms with van der Waals surface area (Å²) in [6.07, 6.45) is 4.26.